The molecule has 0 aliphatic heterocycles. The minimum Gasteiger partial charge on any atom is -0.464 e. The summed E-state index contributed by atoms with van der Waals surface area (Å²) in [5.74, 6) is -0.377. The van der Waals surface area contributed by atoms with Crippen LogP contribution in [-0.2, 0) is 14.3 Å². The van der Waals surface area contributed by atoms with Crippen molar-refractivity contribution in [2.45, 2.75) is 77.7 Å². The summed E-state index contributed by atoms with van der Waals surface area (Å²) in [6.07, 6.45) is 7.55. The second-order valence-electron chi connectivity index (χ2n) is 5.38. The molecule has 0 radical (unpaired) electrons. The lowest BCUT2D eigenvalue weighted by molar-refractivity contribution is -0.148. The van der Waals surface area contributed by atoms with Gasteiger partial charge in [0.1, 0.15) is 6.04 Å². The van der Waals surface area contributed by atoms with Crippen molar-refractivity contribution in [2.24, 2.45) is 5.73 Å². The fourth-order valence-corrected chi connectivity index (χ4v) is 1.96. The molecule has 5 heteroatoms. The molecule has 0 aromatic heterocycles. The predicted octanol–water partition coefficient (Wildman–Crippen LogP) is 2.52. The van der Waals surface area contributed by atoms with Gasteiger partial charge in [0.25, 0.3) is 0 Å². The van der Waals surface area contributed by atoms with Gasteiger partial charge in [-0.2, -0.15) is 0 Å². The highest BCUT2D eigenvalue weighted by molar-refractivity contribution is 5.84. The third-order valence-electron chi connectivity index (χ3n) is 3.32. The van der Waals surface area contributed by atoms with Crippen molar-refractivity contribution in [2.75, 3.05) is 13.2 Å². The van der Waals surface area contributed by atoms with Gasteiger partial charge in [0.05, 0.1) is 6.61 Å². The molecule has 0 aliphatic rings. The van der Waals surface area contributed by atoms with Crippen molar-refractivity contribution in [3.63, 3.8) is 0 Å². The SMILES string of the molecule is CCCCCC(=O)N[C@@H](CCCCN)C(=O)OCCCC. The number of hydrogen-bond donors (Lipinski definition) is 2. The first kappa shape index (κ1) is 19.9. The molecule has 0 aromatic carbocycles. The van der Waals surface area contributed by atoms with E-state index in [2.05, 4.69) is 12.2 Å². The summed E-state index contributed by atoms with van der Waals surface area (Å²) in [5.41, 5.74) is 5.47. The first-order valence-electron chi connectivity index (χ1n) is 8.31. The summed E-state index contributed by atoms with van der Waals surface area (Å²) in [4.78, 5) is 23.9. The zero-order valence-corrected chi connectivity index (χ0v) is 13.7. The number of amides is 1. The third kappa shape index (κ3) is 11.3. The van der Waals surface area contributed by atoms with Crippen LogP contribution in [0.4, 0.5) is 0 Å². The molecule has 0 heterocycles. The van der Waals surface area contributed by atoms with Gasteiger partial charge in [-0.1, -0.05) is 33.1 Å². The van der Waals surface area contributed by atoms with Crippen molar-refractivity contribution in [1.29, 1.82) is 0 Å². The Kier molecular flexibility index (Phi) is 13.1. The van der Waals surface area contributed by atoms with Crippen LogP contribution >= 0.6 is 0 Å². The first-order valence-corrected chi connectivity index (χ1v) is 8.31. The van der Waals surface area contributed by atoms with Crippen molar-refractivity contribution in [1.82, 2.24) is 5.32 Å². The number of unbranched alkanes of at least 4 members (excludes halogenated alkanes) is 4. The molecule has 0 fully saturated rings. The van der Waals surface area contributed by atoms with E-state index in [4.69, 9.17) is 10.5 Å². The maximum atomic E-state index is 12.0. The van der Waals surface area contributed by atoms with E-state index in [1.807, 2.05) is 6.92 Å². The van der Waals surface area contributed by atoms with Gasteiger partial charge in [0.2, 0.25) is 5.91 Å². The van der Waals surface area contributed by atoms with E-state index in [0.717, 1.165) is 44.9 Å². The minimum atomic E-state index is -0.525. The molecule has 21 heavy (non-hydrogen) atoms. The van der Waals surface area contributed by atoms with Crippen LogP contribution < -0.4 is 11.1 Å². The monoisotopic (exact) mass is 300 g/mol. The summed E-state index contributed by atoms with van der Waals surface area (Å²) < 4.78 is 5.22. The Morgan fingerprint density at radius 1 is 1.05 bits per heavy atom. The average molecular weight is 300 g/mol. The number of ether oxygens (including phenoxy) is 1. The zero-order chi connectivity index (χ0) is 15.9. The fourth-order valence-electron chi connectivity index (χ4n) is 1.96. The Morgan fingerprint density at radius 3 is 2.38 bits per heavy atom. The second kappa shape index (κ2) is 13.9. The standard InChI is InChI=1S/C16H32N2O3/c1-3-5-7-11-15(19)18-14(10-8-9-12-17)16(20)21-13-6-4-2/h14H,3-13,17H2,1-2H3,(H,18,19)/t14-/m0/s1. The Morgan fingerprint density at radius 2 is 1.76 bits per heavy atom. The van der Waals surface area contributed by atoms with Crippen LogP contribution in [0.5, 0.6) is 0 Å². The van der Waals surface area contributed by atoms with Gasteiger partial charge in [0.15, 0.2) is 0 Å². The lowest BCUT2D eigenvalue weighted by Gasteiger charge is -2.17. The number of carbonyl (C=O) groups excluding carboxylic acids is 2. The van der Waals surface area contributed by atoms with Crippen LogP contribution in [0.25, 0.3) is 0 Å². The first-order chi connectivity index (χ1) is 10.2. The molecule has 0 unspecified atom stereocenters. The Balaban J connectivity index is 4.22. The van der Waals surface area contributed by atoms with Crippen LogP contribution in [0.3, 0.4) is 0 Å². The van der Waals surface area contributed by atoms with Crippen LogP contribution in [-0.4, -0.2) is 31.1 Å². The zero-order valence-electron chi connectivity index (χ0n) is 13.7. The molecule has 0 rings (SSSR count). The van der Waals surface area contributed by atoms with E-state index in [9.17, 15) is 9.59 Å². The number of nitrogens with two attached hydrogens (primary N) is 1. The van der Waals surface area contributed by atoms with Crippen molar-refractivity contribution in [3.8, 4) is 0 Å². The fraction of sp³-hybridized carbons (Fsp3) is 0.875. The number of hydrogen-bond acceptors (Lipinski definition) is 4. The lowest BCUT2D eigenvalue weighted by Crippen LogP contribution is -2.42. The molecule has 0 aromatic rings. The Labute approximate surface area is 129 Å². The highest BCUT2D eigenvalue weighted by Crippen LogP contribution is 2.06. The van der Waals surface area contributed by atoms with Gasteiger partial charge in [-0.05, 0) is 38.6 Å². The van der Waals surface area contributed by atoms with E-state index < -0.39 is 6.04 Å². The van der Waals surface area contributed by atoms with E-state index in [0.29, 0.717) is 26.0 Å². The topological polar surface area (TPSA) is 81.4 Å². The quantitative estimate of drug-likeness (QED) is 0.404. The van der Waals surface area contributed by atoms with E-state index in [-0.39, 0.29) is 11.9 Å². The number of esters is 1. The van der Waals surface area contributed by atoms with Crippen molar-refractivity contribution >= 4 is 11.9 Å². The van der Waals surface area contributed by atoms with E-state index in [1.54, 1.807) is 0 Å². The molecule has 0 aliphatic carbocycles. The third-order valence-corrected chi connectivity index (χ3v) is 3.32. The van der Waals surface area contributed by atoms with Gasteiger partial charge >= 0.3 is 5.97 Å². The number of carbonyl (C=O) groups is 2. The molecule has 5 nitrogen and oxygen atoms in total. The van der Waals surface area contributed by atoms with Gasteiger partial charge in [-0.25, -0.2) is 4.79 Å². The van der Waals surface area contributed by atoms with Gasteiger partial charge in [-0.3, -0.25) is 4.79 Å². The van der Waals surface area contributed by atoms with E-state index in [1.165, 1.54) is 0 Å². The molecule has 3 N–H and O–H groups in total. The Bertz CT molecular complexity index is 283. The molecule has 0 saturated heterocycles. The molecular formula is C16H32N2O3. The van der Waals surface area contributed by atoms with Crippen LogP contribution in [0.2, 0.25) is 0 Å². The minimum absolute atomic E-state index is 0.0614. The van der Waals surface area contributed by atoms with Crippen molar-refractivity contribution in [3.05, 3.63) is 0 Å². The normalized spacial score (nSPS) is 12.0. The highest BCUT2D eigenvalue weighted by atomic mass is 16.5. The Hall–Kier alpha value is -1.10. The second-order valence-corrected chi connectivity index (χ2v) is 5.38. The maximum absolute atomic E-state index is 12.0. The average Bonchev–Trinajstić information content (AvgIpc) is 2.47. The molecule has 1 amide bonds. The summed E-state index contributed by atoms with van der Waals surface area (Å²) in [7, 11) is 0. The largest absolute Gasteiger partial charge is 0.464 e. The van der Waals surface area contributed by atoms with Crippen LogP contribution in [0.1, 0.15) is 71.6 Å². The van der Waals surface area contributed by atoms with Gasteiger partial charge in [-0.15, -0.1) is 0 Å². The smallest absolute Gasteiger partial charge is 0.328 e. The lowest BCUT2D eigenvalue weighted by atomic mass is 10.1. The molecular weight excluding hydrogens is 268 g/mol. The summed E-state index contributed by atoms with van der Waals surface area (Å²) in [6, 6.07) is -0.525. The van der Waals surface area contributed by atoms with Gasteiger partial charge < -0.3 is 15.8 Å². The summed E-state index contributed by atoms with van der Waals surface area (Å²) in [6.45, 7) is 5.16. The molecule has 124 valence electrons. The molecule has 0 bridgehead atoms. The van der Waals surface area contributed by atoms with Crippen LogP contribution in [0, 0.1) is 0 Å². The molecule has 1 atom stereocenters. The maximum Gasteiger partial charge on any atom is 0.328 e. The summed E-state index contributed by atoms with van der Waals surface area (Å²) in [5, 5.41) is 2.81. The predicted molar refractivity (Wildman–Crippen MR) is 84.8 cm³/mol. The van der Waals surface area contributed by atoms with E-state index >= 15 is 0 Å². The molecule has 0 saturated carbocycles. The van der Waals surface area contributed by atoms with Crippen LogP contribution in [0.15, 0.2) is 0 Å². The summed E-state index contributed by atoms with van der Waals surface area (Å²) >= 11 is 0. The van der Waals surface area contributed by atoms with Gasteiger partial charge in [0, 0.05) is 6.42 Å². The number of nitrogens with one attached hydrogen (secondary N) is 1. The highest BCUT2D eigenvalue weighted by Gasteiger charge is 2.21. The number of rotatable bonds is 13. The molecule has 0 spiro atoms. The van der Waals surface area contributed by atoms with Crippen molar-refractivity contribution < 1.29 is 14.3 Å².